The molecule has 142 valence electrons. The minimum atomic E-state index is -0.193. The quantitative estimate of drug-likeness (QED) is 0.357. The molecule has 3 aromatic heterocycles. The summed E-state index contributed by atoms with van der Waals surface area (Å²) in [5, 5.41) is 1.66. The molecule has 2 aromatic carbocycles. The summed E-state index contributed by atoms with van der Waals surface area (Å²) in [5.41, 5.74) is 2.39. The Morgan fingerprint density at radius 2 is 1.76 bits per heavy atom. The monoisotopic (exact) mass is 436 g/mol. The molecule has 0 fully saturated rings. The highest BCUT2D eigenvalue weighted by Crippen LogP contribution is 2.33. The highest BCUT2D eigenvalue weighted by molar-refractivity contribution is 7.23. The molecule has 0 unspecified atom stereocenters. The van der Waals surface area contributed by atoms with E-state index in [-0.39, 0.29) is 5.91 Å². The predicted octanol–water partition coefficient (Wildman–Crippen LogP) is 5.80. The number of benzene rings is 2. The molecule has 29 heavy (non-hydrogen) atoms. The van der Waals surface area contributed by atoms with Crippen LogP contribution in [0.3, 0.4) is 0 Å². The van der Waals surface area contributed by atoms with Gasteiger partial charge >= 0.3 is 0 Å². The van der Waals surface area contributed by atoms with Crippen molar-refractivity contribution in [1.29, 1.82) is 0 Å². The molecule has 5 aromatic rings. The predicted molar refractivity (Wildman–Crippen MR) is 119 cm³/mol. The van der Waals surface area contributed by atoms with Crippen LogP contribution in [0.4, 0.5) is 5.13 Å². The molecule has 5 nitrogen and oxygen atoms in total. The van der Waals surface area contributed by atoms with E-state index in [0.29, 0.717) is 21.7 Å². The van der Waals surface area contributed by atoms with E-state index in [1.807, 2.05) is 54.6 Å². The second-order valence-electron chi connectivity index (χ2n) is 6.31. The first-order chi connectivity index (χ1) is 14.2. The van der Waals surface area contributed by atoms with E-state index in [9.17, 15) is 4.79 Å². The molecule has 0 saturated heterocycles. The smallest absolute Gasteiger partial charge is 0.276 e. The summed E-state index contributed by atoms with van der Waals surface area (Å²) in [7, 11) is 0. The molecular formula is C21H13ClN4OS2. The lowest BCUT2D eigenvalue weighted by Crippen LogP contribution is -2.30. The summed E-state index contributed by atoms with van der Waals surface area (Å²) >= 11 is 8.93. The normalized spacial score (nSPS) is 11.2. The number of aromatic nitrogens is 3. The van der Waals surface area contributed by atoms with Gasteiger partial charge in [0.1, 0.15) is 0 Å². The Balaban J connectivity index is 1.59. The molecule has 0 N–H and O–H groups in total. The van der Waals surface area contributed by atoms with Crippen molar-refractivity contribution >= 4 is 65.7 Å². The number of anilines is 1. The Labute approximate surface area is 179 Å². The summed E-state index contributed by atoms with van der Waals surface area (Å²) < 4.78 is 1.90. The van der Waals surface area contributed by atoms with Crippen LogP contribution in [0.5, 0.6) is 0 Å². The fourth-order valence-electron chi connectivity index (χ4n) is 2.96. The van der Waals surface area contributed by atoms with Crippen LogP contribution in [0.15, 0.2) is 66.9 Å². The van der Waals surface area contributed by atoms with Crippen molar-refractivity contribution in [3.8, 4) is 0 Å². The second kappa shape index (κ2) is 7.51. The van der Waals surface area contributed by atoms with Crippen LogP contribution in [0.25, 0.3) is 20.4 Å². The zero-order valence-corrected chi connectivity index (χ0v) is 17.3. The maximum absolute atomic E-state index is 13.4. The van der Waals surface area contributed by atoms with E-state index in [0.717, 1.165) is 26.1 Å². The zero-order chi connectivity index (χ0) is 19.8. The number of carbonyl (C=O) groups is 1. The Morgan fingerprint density at radius 1 is 0.931 bits per heavy atom. The number of amides is 1. The minimum Gasteiger partial charge on any atom is -0.276 e. The molecule has 8 heteroatoms. The Kier molecular flexibility index (Phi) is 4.71. The van der Waals surface area contributed by atoms with Crippen LogP contribution in [-0.2, 0) is 6.54 Å². The molecule has 1 amide bonds. The summed E-state index contributed by atoms with van der Waals surface area (Å²) in [4.78, 5) is 28.7. The molecule has 0 spiro atoms. The molecule has 0 aliphatic carbocycles. The SMILES string of the molecule is O=C(c1nc2ccccc2s1)N(Cc1ccccn1)c1nc2ccc(Cl)cc2s1. The first kappa shape index (κ1) is 18.2. The van der Waals surface area contributed by atoms with Crippen LogP contribution < -0.4 is 4.90 Å². The average molecular weight is 437 g/mol. The summed E-state index contributed by atoms with van der Waals surface area (Å²) in [6.07, 6.45) is 1.72. The first-order valence-corrected chi connectivity index (χ1v) is 10.8. The van der Waals surface area contributed by atoms with Gasteiger partial charge in [0.05, 0.1) is 32.7 Å². The molecule has 5 rings (SSSR count). The summed E-state index contributed by atoms with van der Waals surface area (Å²) in [5.74, 6) is -0.193. The number of hydrogen-bond donors (Lipinski definition) is 0. The van der Waals surface area contributed by atoms with Crippen molar-refractivity contribution in [2.75, 3.05) is 4.90 Å². The fourth-order valence-corrected chi connectivity index (χ4v) is 5.11. The number of para-hydroxylation sites is 1. The maximum atomic E-state index is 13.4. The van der Waals surface area contributed by atoms with Gasteiger partial charge in [-0.1, -0.05) is 41.1 Å². The van der Waals surface area contributed by atoms with Gasteiger partial charge in [-0.05, 0) is 42.5 Å². The van der Waals surface area contributed by atoms with Crippen LogP contribution in [0.1, 0.15) is 15.5 Å². The van der Waals surface area contributed by atoms with Gasteiger partial charge in [-0.2, -0.15) is 0 Å². The summed E-state index contributed by atoms with van der Waals surface area (Å²) in [6.45, 7) is 0.309. The van der Waals surface area contributed by atoms with Crippen molar-refractivity contribution in [2.24, 2.45) is 0 Å². The van der Waals surface area contributed by atoms with Gasteiger partial charge in [-0.3, -0.25) is 14.7 Å². The van der Waals surface area contributed by atoms with E-state index in [2.05, 4.69) is 15.0 Å². The highest BCUT2D eigenvalue weighted by atomic mass is 35.5. The Morgan fingerprint density at radius 3 is 2.59 bits per heavy atom. The Hall–Kier alpha value is -2.87. The van der Waals surface area contributed by atoms with Gasteiger partial charge in [0, 0.05) is 11.2 Å². The van der Waals surface area contributed by atoms with Crippen LogP contribution >= 0.6 is 34.3 Å². The van der Waals surface area contributed by atoms with Gasteiger partial charge < -0.3 is 0 Å². The van der Waals surface area contributed by atoms with Crippen LogP contribution in [0.2, 0.25) is 5.02 Å². The van der Waals surface area contributed by atoms with Crippen molar-refractivity contribution < 1.29 is 4.79 Å². The topological polar surface area (TPSA) is 59.0 Å². The number of nitrogens with zero attached hydrogens (tertiary/aromatic N) is 4. The van der Waals surface area contributed by atoms with Gasteiger partial charge in [0.2, 0.25) is 0 Å². The van der Waals surface area contributed by atoms with Gasteiger partial charge in [0.15, 0.2) is 10.1 Å². The fraction of sp³-hybridized carbons (Fsp3) is 0.0476. The first-order valence-electron chi connectivity index (χ1n) is 8.81. The van der Waals surface area contributed by atoms with E-state index in [1.54, 1.807) is 17.2 Å². The number of pyridine rings is 1. The molecule has 0 saturated carbocycles. The third-order valence-corrected chi connectivity index (χ3v) is 6.64. The largest absolute Gasteiger partial charge is 0.289 e. The van der Waals surface area contributed by atoms with E-state index < -0.39 is 0 Å². The Bertz CT molecular complexity index is 1300. The molecule has 0 aliphatic heterocycles. The third-order valence-electron chi connectivity index (χ3n) is 4.34. The van der Waals surface area contributed by atoms with Crippen LogP contribution in [-0.4, -0.2) is 20.9 Å². The number of fused-ring (bicyclic) bond motifs is 2. The third kappa shape index (κ3) is 3.60. The maximum Gasteiger partial charge on any atom is 0.289 e. The summed E-state index contributed by atoms with van der Waals surface area (Å²) in [6, 6.07) is 18.9. The van der Waals surface area contributed by atoms with E-state index in [1.165, 1.54) is 22.7 Å². The standard InChI is InChI=1S/C21H13ClN4OS2/c22-13-8-9-16-18(11-13)29-21(25-16)26(12-14-5-3-4-10-23-14)20(27)19-24-15-6-1-2-7-17(15)28-19/h1-11H,12H2. The lowest BCUT2D eigenvalue weighted by molar-refractivity contribution is 0.0984. The molecule has 0 aliphatic rings. The van der Waals surface area contributed by atoms with Gasteiger partial charge in [-0.25, -0.2) is 9.97 Å². The van der Waals surface area contributed by atoms with E-state index >= 15 is 0 Å². The highest BCUT2D eigenvalue weighted by Gasteiger charge is 2.25. The molecular weight excluding hydrogens is 424 g/mol. The van der Waals surface area contributed by atoms with Crippen molar-refractivity contribution in [1.82, 2.24) is 15.0 Å². The molecule has 0 radical (unpaired) electrons. The average Bonchev–Trinajstić information content (AvgIpc) is 3.36. The van der Waals surface area contributed by atoms with Crippen molar-refractivity contribution in [3.63, 3.8) is 0 Å². The number of thiazole rings is 2. The lowest BCUT2D eigenvalue weighted by Gasteiger charge is -2.18. The molecule has 0 atom stereocenters. The van der Waals surface area contributed by atoms with Crippen LogP contribution in [0, 0.1) is 0 Å². The number of hydrogen-bond acceptors (Lipinski definition) is 6. The lowest BCUT2D eigenvalue weighted by atomic mass is 10.3. The molecule has 0 bridgehead atoms. The minimum absolute atomic E-state index is 0.193. The number of halogens is 1. The number of rotatable bonds is 4. The second-order valence-corrected chi connectivity index (χ2v) is 8.78. The van der Waals surface area contributed by atoms with E-state index in [4.69, 9.17) is 11.6 Å². The van der Waals surface area contributed by atoms with Gasteiger partial charge in [0.25, 0.3) is 5.91 Å². The van der Waals surface area contributed by atoms with Gasteiger partial charge in [-0.15, -0.1) is 11.3 Å². The zero-order valence-electron chi connectivity index (χ0n) is 14.9. The van der Waals surface area contributed by atoms with Crippen molar-refractivity contribution in [2.45, 2.75) is 6.54 Å². The number of carbonyl (C=O) groups excluding carboxylic acids is 1. The molecule has 3 heterocycles. The van der Waals surface area contributed by atoms with Crippen molar-refractivity contribution in [3.05, 3.63) is 82.6 Å².